The van der Waals surface area contributed by atoms with Crippen LogP contribution in [0.4, 0.5) is 4.79 Å². The quantitative estimate of drug-likeness (QED) is 0.291. The van der Waals surface area contributed by atoms with Crippen LogP contribution < -0.4 is 20.9 Å². The fourth-order valence-corrected chi connectivity index (χ4v) is 3.34. The molecule has 33 heavy (non-hydrogen) atoms. The fraction of sp³-hybridized carbons (Fsp3) is 0.333. The standard InChI is InChI=1S/C24H28N4O5/c1-2-3-4-7-14-33-19-12-10-17(11-13-19)22(30)26-27-23(31)20-9-6-5-8-18(20)16-28-21(29)15-25-24(28)32/h5-6,8-13H,2-4,7,14-16H2,1H3,(H,25,32)(H,26,30)(H,27,31). The van der Waals surface area contributed by atoms with Crippen LogP contribution in [0.5, 0.6) is 5.75 Å². The van der Waals surface area contributed by atoms with E-state index in [-0.39, 0.29) is 24.6 Å². The number of imide groups is 1. The van der Waals surface area contributed by atoms with E-state index in [9.17, 15) is 19.2 Å². The summed E-state index contributed by atoms with van der Waals surface area (Å²) < 4.78 is 5.67. The second-order valence-corrected chi connectivity index (χ2v) is 7.64. The first-order chi connectivity index (χ1) is 16.0. The van der Waals surface area contributed by atoms with Gasteiger partial charge in [-0.05, 0) is 42.3 Å². The molecule has 0 bridgehead atoms. The number of unbranched alkanes of at least 4 members (excludes halogenated alkanes) is 3. The van der Waals surface area contributed by atoms with Crippen molar-refractivity contribution in [1.82, 2.24) is 21.1 Å². The SMILES string of the molecule is CCCCCCOc1ccc(C(=O)NNC(=O)c2ccccc2CN2C(=O)CNC2=O)cc1. The summed E-state index contributed by atoms with van der Waals surface area (Å²) in [4.78, 5) is 49.7. The number of hydrazine groups is 1. The van der Waals surface area contributed by atoms with Crippen molar-refractivity contribution in [2.24, 2.45) is 0 Å². The molecule has 1 aliphatic rings. The summed E-state index contributed by atoms with van der Waals surface area (Å²) in [6.07, 6.45) is 4.47. The van der Waals surface area contributed by atoms with E-state index in [1.807, 2.05) is 0 Å². The number of hydrogen-bond donors (Lipinski definition) is 3. The van der Waals surface area contributed by atoms with E-state index >= 15 is 0 Å². The number of carbonyl (C=O) groups excluding carboxylic acids is 4. The number of benzene rings is 2. The van der Waals surface area contributed by atoms with Crippen LogP contribution >= 0.6 is 0 Å². The van der Waals surface area contributed by atoms with Crippen LogP contribution in [0, 0.1) is 0 Å². The van der Waals surface area contributed by atoms with Gasteiger partial charge in [0.2, 0.25) is 5.91 Å². The summed E-state index contributed by atoms with van der Waals surface area (Å²) in [5.74, 6) is -0.721. The molecule has 3 rings (SSSR count). The molecule has 0 saturated carbocycles. The van der Waals surface area contributed by atoms with Crippen molar-refractivity contribution < 1.29 is 23.9 Å². The summed E-state index contributed by atoms with van der Waals surface area (Å²) in [5.41, 5.74) is 5.85. The first-order valence-corrected chi connectivity index (χ1v) is 11.0. The first kappa shape index (κ1) is 23.8. The molecule has 2 aromatic rings. The molecule has 5 amide bonds. The van der Waals surface area contributed by atoms with E-state index in [0.29, 0.717) is 23.5 Å². The lowest BCUT2D eigenvalue weighted by molar-refractivity contribution is -0.125. The molecule has 0 atom stereocenters. The van der Waals surface area contributed by atoms with Gasteiger partial charge in [0.15, 0.2) is 0 Å². The van der Waals surface area contributed by atoms with Crippen molar-refractivity contribution in [2.45, 2.75) is 39.2 Å². The molecule has 174 valence electrons. The Morgan fingerprint density at radius 3 is 2.39 bits per heavy atom. The minimum absolute atomic E-state index is 0.0396. The smallest absolute Gasteiger partial charge is 0.324 e. The highest BCUT2D eigenvalue weighted by atomic mass is 16.5. The zero-order valence-electron chi connectivity index (χ0n) is 18.6. The zero-order chi connectivity index (χ0) is 23.6. The zero-order valence-corrected chi connectivity index (χ0v) is 18.6. The molecule has 1 fully saturated rings. The highest BCUT2D eigenvalue weighted by Crippen LogP contribution is 2.15. The van der Waals surface area contributed by atoms with E-state index < -0.39 is 17.8 Å². The number of ether oxygens (including phenoxy) is 1. The Bertz CT molecular complexity index is 990. The predicted octanol–water partition coefficient (Wildman–Crippen LogP) is 2.77. The Morgan fingerprint density at radius 1 is 0.970 bits per heavy atom. The lowest BCUT2D eigenvalue weighted by Gasteiger charge is -2.15. The lowest BCUT2D eigenvalue weighted by atomic mass is 10.1. The Labute approximate surface area is 192 Å². The molecule has 1 heterocycles. The van der Waals surface area contributed by atoms with Gasteiger partial charge in [0.25, 0.3) is 11.8 Å². The van der Waals surface area contributed by atoms with Crippen LogP contribution in [0.1, 0.15) is 58.9 Å². The van der Waals surface area contributed by atoms with Gasteiger partial charge in [0, 0.05) is 11.1 Å². The average Bonchev–Trinajstić information content (AvgIpc) is 3.15. The molecule has 0 unspecified atom stereocenters. The summed E-state index contributed by atoms with van der Waals surface area (Å²) in [6.45, 7) is 2.68. The second-order valence-electron chi connectivity index (χ2n) is 7.64. The van der Waals surface area contributed by atoms with Gasteiger partial charge >= 0.3 is 6.03 Å². The maximum absolute atomic E-state index is 12.6. The van der Waals surface area contributed by atoms with Gasteiger partial charge in [-0.2, -0.15) is 0 Å². The normalized spacial score (nSPS) is 12.9. The molecule has 0 aliphatic carbocycles. The molecule has 1 saturated heterocycles. The van der Waals surface area contributed by atoms with Crippen molar-refractivity contribution >= 4 is 23.8 Å². The molecule has 2 aromatic carbocycles. The van der Waals surface area contributed by atoms with Crippen LogP contribution in [0.3, 0.4) is 0 Å². The van der Waals surface area contributed by atoms with Gasteiger partial charge in [-0.15, -0.1) is 0 Å². The van der Waals surface area contributed by atoms with E-state index in [2.05, 4.69) is 23.1 Å². The summed E-state index contributed by atoms with van der Waals surface area (Å²) in [5, 5.41) is 2.44. The topological polar surface area (TPSA) is 117 Å². The molecule has 9 nitrogen and oxygen atoms in total. The highest BCUT2D eigenvalue weighted by Gasteiger charge is 2.29. The Morgan fingerprint density at radius 2 is 1.70 bits per heavy atom. The molecule has 0 spiro atoms. The average molecular weight is 453 g/mol. The number of hydrogen-bond acceptors (Lipinski definition) is 5. The van der Waals surface area contributed by atoms with Crippen molar-refractivity contribution in [3.63, 3.8) is 0 Å². The number of nitrogens with zero attached hydrogens (tertiary/aromatic N) is 1. The fourth-order valence-electron chi connectivity index (χ4n) is 3.34. The van der Waals surface area contributed by atoms with Gasteiger partial charge in [-0.25, -0.2) is 4.79 Å². The van der Waals surface area contributed by atoms with Crippen LogP contribution in [-0.4, -0.2) is 41.8 Å². The highest BCUT2D eigenvalue weighted by molar-refractivity contribution is 6.03. The molecule has 1 aliphatic heterocycles. The third-order valence-electron chi connectivity index (χ3n) is 5.20. The van der Waals surface area contributed by atoms with Gasteiger partial charge in [0.1, 0.15) is 5.75 Å². The minimum Gasteiger partial charge on any atom is -0.494 e. The van der Waals surface area contributed by atoms with Crippen LogP contribution in [0.15, 0.2) is 48.5 Å². The Hall–Kier alpha value is -3.88. The molecule has 0 aromatic heterocycles. The van der Waals surface area contributed by atoms with Crippen molar-refractivity contribution in [3.8, 4) is 5.75 Å². The lowest BCUT2D eigenvalue weighted by Crippen LogP contribution is -2.42. The van der Waals surface area contributed by atoms with Crippen molar-refractivity contribution in [2.75, 3.05) is 13.2 Å². The van der Waals surface area contributed by atoms with Crippen molar-refractivity contribution in [1.29, 1.82) is 0 Å². The largest absolute Gasteiger partial charge is 0.494 e. The Kier molecular flexibility index (Phi) is 8.40. The second kappa shape index (κ2) is 11.7. The number of amides is 5. The predicted molar refractivity (Wildman–Crippen MR) is 121 cm³/mol. The minimum atomic E-state index is -0.557. The molecular formula is C24H28N4O5. The number of rotatable bonds is 10. The number of carbonyl (C=O) groups is 4. The molecule has 0 radical (unpaired) electrons. The maximum atomic E-state index is 12.6. The van der Waals surface area contributed by atoms with Crippen LogP contribution in [0.2, 0.25) is 0 Å². The van der Waals surface area contributed by atoms with E-state index in [1.165, 1.54) is 12.8 Å². The van der Waals surface area contributed by atoms with Gasteiger partial charge in [0.05, 0.1) is 19.7 Å². The number of nitrogens with one attached hydrogen (secondary N) is 3. The van der Waals surface area contributed by atoms with Crippen LogP contribution in [0.25, 0.3) is 0 Å². The summed E-state index contributed by atoms with van der Waals surface area (Å²) >= 11 is 0. The van der Waals surface area contributed by atoms with E-state index in [1.54, 1.807) is 48.5 Å². The molecule has 3 N–H and O–H groups in total. The van der Waals surface area contributed by atoms with E-state index in [4.69, 9.17) is 4.74 Å². The summed E-state index contributed by atoms with van der Waals surface area (Å²) in [6, 6.07) is 12.7. The van der Waals surface area contributed by atoms with E-state index in [0.717, 1.165) is 17.7 Å². The molecule has 9 heteroatoms. The maximum Gasteiger partial charge on any atom is 0.324 e. The first-order valence-electron chi connectivity index (χ1n) is 11.0. The van der Waals surface area contributed by atoms with Gasteiger partial charge in [-0.3, -0.25) is 30.1 Å². The van der Waals surface area contributed by atoms with Gasteiger partial charge in [-0.1, -0.05) is 44.4 Å². The molecular weight excluding hydrogens is 424 g/mol. The van der Waals surface area contributed by atoms with Crippen molar-refractivity contribution in [3.05, 3.63) is 65.2 Å². The van der Waals surface area contributed by atoms with Gasteiger partial charge < -0.3 is 10.1 Å². The Balaban J connectivity index is 1.53. The number of urea groups is 1. The summed E-state index contributed by atoms with van der Waals surface area (Å²) in [7, 11) is 0. The van der Waals surface area contributed by atoms with Crippen LogP contribution in [-0.2, 0) is 11.3 Å². The third-order valence-corrected chi connectivity index (χ3v) is 5.20. The monoisotopic (exact) mass is 452 g/mol. The third kappa shape index (κ3) is 6.55.